The van der Waals surface area contributed by atoms with Gasteiger partial charge in [-0.2, -0.15) is 0 Å². The summed E-state index contributed by atoms with van der Waals surface area (Å²) in [4.78, 5) is 0. The van der Waals surface area contributed by atoms with Crippen LogP contribution in [0.5, 0.6) is 5.75 Å². The van der Waals surface area contributed by atoms with Gasteiger partial charge in [0.15, 0.2) is 0 Å². The second-order valence-corrected chi connectivity index (χ2v) is 5.78. The first-order valence-electron chi connectivity index (χ1n) is 6.07. The van der Waals surface area contributed by atoms with Gasteiger partial charge in [-0.3, -0.25) is 0 Å². The topological polar surface area (TPSA) is 35.2 Å². The molecule has 0 aromatic heterocycles. The Morgan fingerprint density at radius 3 is 2.70 bits per heavy atom. The van der Waals surface area contributed by atoms with Crippen LogP contribution in [0.1, 0.15) is 16.7 Å². The van der Waals surface area contributed by atoms with Crippen molar-refractivity contribution in [3.8, 4) is 5.75 Å². The standard InChI is InChI=1S/C15H14BrClFNO/c1-9-4-12(16)6-11(7-19)15(9)20-8-10-2-3-13(17)14(18)5-10/h2-6H,7-8,19H2,1H3. The monoisotopic (exact) mass is 357 g/mol. The van der Waals surface area contributed by atoms with Crippen LogP contribution >= 0.6 is 27.5 Å². The Morgan fingerprint density at radius 1 is 1.30 bits per heavy atom. The molecule has 106 valence electrons. The Labute approximate surface area is 130 Å². The summed E-state index contributed by atoms with van der Waals surface area (Å²) >= 11 is 9.08. The largest absolute Gasteiger partial charge is 0.488 e. The molecule has 0 heterocycles. The van der Waals surface area contributed by atoms with E-state index in [1.165, 1.54) is 12.1 Å². The Kier molecular flexibility index (Phi) is 5.02. The maximum atomic E-state index is 13.4. The third kappa shape index (κ3) is 3.51. The van der Waals surface area contributed by atoms with Crippen LogP contribution in [-0.2, 0) is 13.2 Å². The highest BCUT2D eigenvalue weighted by atomic mass is 79.9. The number of rotatable bonds is 4. The zero-order valence-corrected chi connectivity index (χ0v) is 13.3. The first-order chi connectivity index (χ1) is 9.51. The van der Waals surface area contributed by atoms with E-state index in [2.05, 4.69) is 15.9 Å². The van der Waals surface area contributed by atoms with E-state index in [4.69, 9.17) is 22.1 Å². The second-order valence-electron chi connectivity index (χ2n) is 4.45. The molecule has 20 heavy (non-hydrogen) atoms. The van der Waals surface area contributed by atoms with Crippen molar-refractivity contribution in [3.05, 3.63) is 62.3 Å². The molecule has 2 nitrogen and oxygen atoms in total. The van der Waals surface area contributed by atoms with Gasteiger partial charge in [0.25, 0.3) is 0 Å². The fraction of sp³-hybridized carbons (Fsp3) is 0.200. The van der Waals surface area contributed by atoms with Gasteiger partial charge < -0.3 is 10.5 Å². The fourth-order valence-corrected chi connectivity index (χ4v) is 2.68. The molecule has 0 spiro atoms. The van der Waals surface area contributed by atoms with E-state index in [0.29, 0.717) is 6.54 Å². The van der Waals surface area contributed by atoms with Gasteiger partial charge in [0, 0.05) is 16.6 Å². The first kappa shape index (κ1) is 15.3. The predicted octanol–water partition coefficient (Wildman–Crippen LogP) is 4.59. The number of ether oxygens (including phenoxy) is 1. The Hall–Kier alpha value is -1.10. The van der Waals surface area contributed by atoms with Gasteiger partial charge in [-0.05, 0) is 42.3 Å². The summed E-state index contributed by atoms with van der Waals surface area (Å²) in [5.74, 6) is 0.297. The third-order valence-corrected chi connectivity index (χ3v) is 3.67. The van der Waals surface area contributed by atoms with Gasteiger partial charge >= 0.3 is 0 Å². The fourth-order valence-electron chi connectivity index (χ4n) is 1.94. The normalized spacial score (nSPS) is 10.7. The summed E-state index contributed by atoms with van der Waals surface area (Å²) in [7, 11) is 0. The maximum Gasteiger partial charge on any atom is 0.142 e. The van der Waals surface area contributed by atoms with Crippen molar-refractivity contribution >= 4 is 27.5 Å². The highest BCUT2D eigenvalue weighted by Gasteiger charge is 2.09. The van der Waals surface area contributed by atoms with Gasteiger partial charge in [0.1, 0.15) is 18.2 Å². The van der Waals surface area contributed by atoms with Gasteiger partial charge in [-0.1, -0.05) is 33.6 Å². The zero-order valence-electron chi connectivity index (χ0n) is 10.9. The first-order valence-corrected chi connectivity index (χ1v) is 7.24. The molecule has 0 aliphatic rings. The minimum atomic E-state index is -0.445. The van der Waals surface area contributed by atoms with Crippen molar-refractivity contribution in [2.45, 2.75) is 20.1 Å². The van der Waals surface area contributed by atoms with Crippen LogP contribution in [0.3, 0.4) is 0 Å². The molecule has 0 amide bonds. The molecule has 2 aromatic rings. The summed E-state index contributed by atoms with van der Waals surface area (Å²) in [5, 5.41) is 0.108. The van der Waals surface area contributed by atoms with Crippen molar-refractivity contribution in [1.29, 1.82) is 0 Å². The van der Waals surface area contributed by atoms with Crippen molar-refractivity contribution in [2.75, 3.05) is 0 Å². The third-order valence-electron chi connectivity index (χ3n) is 2.90. The maximum absolute atomic E-state index is 13.4. The molecule has 2 N–H and O–H groups in total. The highest BCUT2D eigenvalue weighted by Crippen LogP contribution is 2.28. The van der Waals surface area contributed by atoms with Crippen molar-refractivity contribution in [2.24, 2.45) is 5.73 Å². The predicted molar refractivity (Wildman–Crippen MR) is 82.5 cm³/mol. The average Bonchev–Trinajstić information content (AvgIpc) is 2.40. The van der Waals surface area contributed by atoms with E-state index >= 15 is 0 Å². The summed E-state index contributed by atoms with van der Waals surface area (Å²) in [6.07, 6.45) is 0. The number of nitrogens with two attached hydrogens (primary N) is 1. The lowest BCUT2D eigenvalue weighted by Gasteiger charge is -2.14. The molecule has 0 saturated heterocycles. The summed E-state index contributed by atoms with van der Waals surface area (Å²) < 4.78 is 20.1. The molecule has 0 bridgehead atoms. The summed E-state index contributed by atoms with van der Waals surface area (Å²) in [5.41, 5.74) is 8.33. The lowest BCUT2D eigenvalue weighted by Crippen LogP contribution is -2.04. The van der Waals surface area contributed by atoms with Gasteiger partial charge in [0.2, 0.25) is 0 Å². The van der Waals surface area contributed by atoms with E-state index in [9.17, 15) is 4.39 Å². The van der Waals surface area contributed by atoms with E-state index in [1.807, 2.05) is 19.1 Å². The molecular formula is C15H14BrClFNO. The SMILES string of the molecule is Cc1cc(Br)cc(CN)c1OCc1ccc(Cl)c(F)c1. The van der Waals surface area contributed by atoms with Crippen molar-refractivity contribution in [1.82, 2.24) is 0 Å². The molecule has 5 heteroatoms. The Balaban J connectivity index is 2.20. The molecule has 0 saturated carbocycles. The van der Waals surface area contributed by atoms with Gasteiger partial charge in [0.05, 0.1) is 5.02 Å². The van der Waals surface area contributed by atoms with Crippen LogP contribution in [-0.4, -0.2) is 0 Å². The molecule has 0 aliphatic carbocycles. The number of benzene rings is 2. The van der Waals surface area contributed by atoms with Crippen LogP contribution in [0.2, 0.25) is 5.02 Å². The van der Waals surface area contributed by atoms with Crippen LogP contribution in [0, 0.1) is 12.7 Å². The number of aryl methyl sites for hydroxylation is 1. The van der Waals surface area contributed by atoms with Gasteiger partial charge in [-0.15, -0.1) is 0 Å². The van der Waals surface area contributed by atoms with Gasteiger partial charge in [-0.25, -0.2) is 4.39 Å². The summed E-state index contributed by atoms with van der Waals surface area (Å²) in [6.45, 7) is 2.59. The minimum Gasteiger partial charge on any atom is -0.488 e. The van der Waals surface area contributed by atoms with Crippen molar-refractivity contribution < 1.29 is 9.13 Å². The van der Waals surface area contributed by atoms with Crippen molar-refractivity contribution in [3.63, 3.8) is 0 Å². The van der Waals surface area contributed by atoms with Crippen LogP contribution in [0.15, 0.2) is 34.8 Å². The number of hydrogen-bond donors (Lipinski definition) is 1. The lowest BCUT2D eigenvalue weighted by molar-refractivity contribution is 0.300. The molecule has 0 unspecified atom stereocenters. The number of halogens is 3. The minimum absolute atomic E-state index is 0.108. The zero-order chi connectivity index (χ0) is 14.7. The van der Waals surface area contributed by atoms with Crippen LogP contribution in [0.4, 0.5) is 4.39 Å². The molecule has 0 atom stereocenters. The van der Waals surface area contributed by atoms with E-state index in [1.54, 1.807) is 6.07 Å². The molecule has 0 aliphatic heterocycles. The quantitative estimate of drug-likeness (QED) is 0.867. The Morgan fingerprint density at radius 2 is 2.05 bits per heavy atom. The smallest absolute Gasteiger partial charge is 0.142 e. The van der Waals surface area contributed by atoms with E-state index < -0.39 is 5.82 Å². The van der Waals surface area contributed by atoms with E-state index in [0.717, 1.165) is 26.9 Å². The molecule has 2 rings (SSSR count). The molecule has 2 aromatic carbocycles. The second kappa shape index (κ2) is 6.57. The average molecular weight is 359 g/mol. The van der Waals surface area contributed by atoms with E-state index in [-0.39, 0.29) is 11.6 Å². The van der Waals surface area contributed by atoms with Crippen LogP contribution in [0.25, 0.3) is 0 Å². The highest BCUT2D eigenvalue weighted by molar-refractivity contribution is 9.10. The molecule has 0 radical (unpaired) electrons. The Bertz CT molecular complexity index is 634. The lowest BCUT2D eigenvalue weighted by atomic mass is 10.1. The van der Waals surface area contributed by atoms with Crippen LogP contribution < -0.4 is 10.5 Å². The number of hydrogen-bond acceptors (Lipinski definition) is 2. The molecular weight excluding hydrogens is 345 g/mol. The molecule has 0 fully saturated rings. The summed E-state index contributed by atoms with van der Waals surface area (Å²) in [6, 6.07) is 8.51.